The lowest BCUT2D eigenvalue weighted by Crippen LogP contribution is -2.48. The van der Waals surface area contributed by atoms with Gasteiger partial charge in [-0.2, -0.15) is 0 Å². The van der Waals surface area contributed by atoms with Gasteiger partial charge >= 0.3 is 0 Å². The largest absolute Gasteiger partial charge is 0.497 e. The van der Waals surface area contributed by atoms with Crippen LogP contribution in [0.4, 0.5) is 0 Å². The Labute approximate surface area is 149 Å². The molecular formula is C19H23NO4S. The number of hydrogen-bond acceptors (Lipinski definition) is 4. The van der Waals surface area contributed by atoms with Crippen molar-refractivity contribution < 1.29 is 17.9 Å². The molecule has 0 spiro atoms. The van der Waals surface area contributed by atoms with Crippen molar-refractivity contribution in [1.29, 1.82) is 0 Å². The summed E-state index contributed by atoms with van der Waals surface area (Å²) in [5.41, 5.74) is 2.77. The van der Waals surface area contributed by atoms with Gasteiger partial charge in [0.05, 0.1) is 25.2 Å². The molecule has 0 radical (unpaired) electrons. The van der Waals surface area contributed by atoms with Crippen molar-refractivity contribution in [3.05, 3.63) is 48.0 Å². The van der Waals surface area contributed by atoms with Crippen LogP contribution in [0.25, 0.3) is 11.1 Å². The van der Waals surface area contributed by atoms with Gasteiger partial charge in [0.25, 0.3) is 0 Å². The van der Waals surface area contributed by atoms with Crippen LogP contribution in [0.2, 0.25) is 0 Å². The van der Waals surface area contributed by atoms with E-state index in [1.165, 1.54) is 0 Å². The molecule has 0 unspecified atom stereocenters. The van der Waals surface area contributed by atoms with E-state index >= 15 is 0 Å². The fourth-order valence-corrected chi connectivity index (χ4v) is 4.11. The Bertz CT molecular complexity index is 873. The summed E-state index contributed by atoms with van der Waals surface area (Å²) in [6.07, 6.45) is 0. The fraction of sp³-hybridized carbons (Fsp3) is 0.368. The summed E-state index contributed by atoms with van der Waals surface area (Å²) < 4.78 is 38.2. The molecule has 0 aliphatic carbocycles. The molecule has 6 heteroatoms. The van der Waals surface area contributed by atoms with Crippen LogP contribution >= 0.6 is 0 Å². The second-order valence-corrected chi connectivity index (χ2v) is 8.60. The Balaban J connectivity index is 1.83. The zero-order valence-corrected chi connectivity index (χ0v) is 15.5. The molecule has 0 saturated carbocycles. The second-order valence-electron chi connectivity index (χ2n) is 6.84. The predicted molar refractivity (Wildman–Crippen MR) is 97.3 cm³/mol. The molecule has 0 bridgehead atoms. The molecule has 1 N–H and O–H groups in total. The van der Waals surface area contributed by atoms with E-state index in [4.69, 9.17) is 9.47 Å². The topological polar surface area (TPSA) is 64.6 Å². The number of sulfonamides is 1. The third-order valence-electron chi connectivity index (χ3n) is 4.48. The van der Waals surface area contributed by atoms with Crippen LogP contribution in [0.15, 0.2) is 47.4 Å². The predicted octanol–water partition coefficient (Wildman–Crippen LogP) is 2.99. The van der Waals surface area contributed by atoms with Crippen molar-refractivity contribution in [1.82, 2.24) is 4.72 Å². The third-order valence-corrected chi connectivity index (χ3v) is 5.88. The van der Waals surface area contributed by atoms with E-state index in [2.05, 4.69) is 4.72 Å². The summed E-state index contributed by atoms with van der Waals surface area (Å²) in [5, 5.41) is 0. The molecule has 1 aliphatic heterocycles. The molecule has 1 heterocycles. The normalized spacial score (nSPS) is 16.3. The molecule has 2 aromatic carbocycles. The highest BCUT2D eigenvalue weighted by molar-refractivity contribution is 7.89. The van der Waals surface area contributed by atoms with Gasteiger partial charge in [0, 0.05) is 12.0 Å². The van der Waals surface area contributed by atoms with Crippen molar-refractivity contribution in [3.8, 4) is 16.9 Å². The van der Waals surface area contributed by atoms with Gasteiger partial charge in [-0.25, -0.2) is 13.1 Å². The molecule has 1 aliphatic rings. The Kier molecular flexibility index (Phi) is 4.86. The van der Waals surface area contributed by atoms with Gasteiger partial charge in [0.1, 0.15) is 5.75 Å². The monoisotopic (exact) mass is 361 g/mol. The first-order chi connectivity index (χ1) is 11.8. The molecular weight excluding hydrogens is 338 g/mol. The quantitative estimate of drug-likeness (QED) is 0.859. The summed E-state index contributed by atoms with van der Waals surface area (Å²) in [4.78, 5) is 0.278. The van der Waals surface area contributed by atoms with Crippen LogP contribution in [0.5, 0.6) is 5.75 Å². The van der Waals surface area contributed by atoms with Crippen molar-refractivity contribution >= 4 is 10.0 Å². The Morgan fingerprint density at radius 2 is 1.96 bits per heavy atom. The van der Waals surface area contributed by atoms with Crippen LogP contribution in [-0.4, -0.2) is 35.3 Å². The zero-order valence-electron chi connectivity index (χ0n) is 14.7. The van der Waals surface area contributed by atoms with E-state index in [1.54, 1.807) is 19.2 Å². The van der Waals surface area contributed by atoms with Crippen LogP contribution in [0, 0.1) is 12.3 Å². The lowest BCUT2D eigenvalue weighted by atomic mass is 9.89. The van der Waals surface area contributed by atoms with Crippen LogP contribution in [0.3, 0.4) is 0 Å². The maximum Gasteiger partial charge on any atom is 0.240 e. The summed E-state index contributed by atoms with van der Waals surface area (Å²) in [6, 6.07) is 12.9. The van der Waals surface area contributed by atoms with Gasteiger partial charge in [0.15, 0.2) is 0 Å². The maximum absolute atomic E-state index is 12.5. The number of ether oxygens (including phenoxy) is 2. The minimum Gasteiger partial charge on any atom is -0.497 e. The second kappa shape index (κ2) is 6.78. The van der Waals surface area contributed by atoms with Crippen molar-refractivity contribution in [2.75, 3.05) is 26.9 Å². The Hall–Kier alpha value is -1.89. The van der Waals surface area contributed by atoms with Gasteiger partial charge in [-0.1, -0.05) is 25.1 Å². The average Bonchev–Trinajstić information content (AvgIpc) is 2.58. The third kappa shape index (κ3) is 3.86. The summed E-state index contributed by atoms with van der Waals surface area (Å²) in [6.45, 7) is 5.48. The molecule has 2 aromatic rings. The van der Waals surface area contributed by atoms with E-state index < -0.39 is 10.0 Å². The smallest absolute Gasteiger partial charge is 0.240 e. The molecule has 0 amide bonds. The molecule has 134 valence electrons. The van der Waals surface area contributed by atoms with E-state index in [1.807, 2.05) is 44.2 Å². The van der Waals surface area contributed by atoms with Crippen LogP contribution < -0.4 is 9.46 Å². The highest BCUT2D eigenvalue weighted by atomic mass is 32.2. The minimum atomic E-state index is -3.53. The molecule has 1 fully saturated rings. The Morgan fingerprint density at radius 3 is 2.56 bits per heavy atom. The summed E-state index contributed by atoms with van der Waals surface area (Å²) in [5.74, 6) is 0.770. The number of hydrogen-bond donors (Lipinski definition) is 1. The molecule has 0 atom stereocenters. The lowest BCUT2D eigenvalue weighted by molar-refractivity contribution is -0.0965. The van der Waals surface area contributed by atoms with Crippen molar-refractivity contribution in [2.45, 2.75) is 18.7 Å². The first-order valence-electron chi connectivity index (χ1n) is 8.15. The molecule has 3 rings (SSSR count). The molecule has 1 saturated heterocycles. The highest BCUT2D eigenvalue weighted by Crippen LogP contribution is 2.29. The average molecular weight is 361 g/mol. The number of rotatable bonds is 6. The van der Waals surface area contributed by atoms with Gasteiger partial charge in [0.2, 0.25) is 10.0 Å². The van der Waals surface area contributed by atoms with E-state index in [9.17, 15) is 8.42 Å². The number of benzene rings is 2. The highest BCUT2D eigenvalue weighted by Gasteiger charge is 2.34. The standard InChI is InChI=1S/C19H23NO4S/c1-14-9-17(25(21,22)20-11-19(2)12-24-13-19)7-8-18(14)15-5-4-6-16(10-15)23-3/h4-10,20H,11-13H2,1-3H3. The molecule has 5 nitrogen and oxygen atoms in total. The van der Waals surface area contributed by atoms with Crippen molar-refractivity contribution in [2.24, 2.45) is 5.41 Å². The number of nitrogens with one attached hydrogen (secondary N) is 1. The first-order valence-corrected chi connectivity index (χ1v) is 9.64. The van der Waals surface area contributed by atoms with E-state index in [0.717, 1.165) is 22.4 Å². The minimum absolute atomic E-state index is 0.108. The van der Waals surface area contributed by atoms with Crippen LogP contribution in [0.1, 0.15) is 12.5 Å². The maximum atomic E-state index is 12.5. The number of aryl methyl sites for hydroxylation is 1. The fourth-order valence-electron chi connectivity index (χ4n) is 2.82. The summed E-state index contributed by atoms with van der Waals surface area (Å²) >= 11 is 0. The molecule has 0 aromatic heterocycles. The van der Waals surface area contributed by atoms with Crippen LogP contribution in [-0.2, 0) is 14.8 Å². The van der Waals surface area contributed by atoms with Gasteiger partial charge in [-0.05, 0) is 47.9 Å². The van der Waals surface area contributed by atoms with Gasteiger partial charge < -0.3 is 9.47 Å². The summed E-state index contributed by atoms with van der Waals surface area (Å²) in [7, 11) is -1.91. The van der Waals surface area contributed by atoms with Gasteiger partial charge in [-0.15, -0.1) is 0 Å². The van der Waals surface area contributed by atoms with E-state index in [0.29, 0.717) is 19.8 Å². The van der Waals surface area contributed by atoms with E-state index in [-0.39, 0.29) is 10.3 Å². The molecule has 25 heavy (non-hydrogen) atoms. The zero-order chi connectivity index (χ0) is 18.1. The SMILES string of the molecule is COc1cccc(-c2ccc(S(=O)(=O)NCC3(C)COC3)cc2C)c1. The lowest BCUT2D eigenvalue weighted by Gasteiger charge is -2.37. The number of methoxy groups -OCH3 is 1. The first kappa shape index (κ1) is 17.9. The Morgan fingerprint density at radius 1 is 1.20 bits per heavy atom. The van der Waals surface area contributed by atoms with Crippen molar-refractivity contribution in [3.63, 3.8) is 0 Å². The van der Waals surface area contributed by atoms with Gasteiger partial charge in [-0.3, -0.25) is 0 Å².